The molecular formula is C16H19NO4. The fraction of sp³-hybridized carbons (Fsp3) is 0.438. The van der Waals surface area contributed by atoms with Gasteiger partial charge in [0.05, 0.1) is 6.21 Å². The number of terminal acetylenes is 1. The standard InChI is InChI=1S/C16H19NO4/c1-4-13(18)15-14(20-16(2,3)21-15)10-17-19-11-12-8-6-5-7-9-12/h1,5-10,13-15,18H,11H2,2-3H3/b17-10+/t13-,14-,15+/m0/s1. The van der Waals surface area contributed by atoms with Crippen LogP contribution in [0.25, 0.3) is 0 Å². The third-order valence-corrected chi connectivity index (χ3v) is 3.00. The first-order chi connectivity index (χ1) is 10.0. The zero-order valence-electron chi connectivity index (χ0n) is 12.1. The first-order valence-electron chi connectivity index (χ1n) is 6.71. The summed E-state index contributed by atoms with van der Waals surface area (Å²) in [4.78, 5) is 5.21. The molecule has 112 valence electrons. The van der Waals surface area contributed by atoms with Crippen LogP contribution in [0.4, 0.5) is 0 Å². The summed E-state index contributed by atoms with van der Waals surface area (Å²) < 4.78 is 11.2. The van der Waals surface area contributed by atoms with Gasteiger partial charge in [-0.05, 0) is 19.4 Å². The minimum atomic E-state index is -1.06. The number of hydrogen-bond acceptors (Lipinski definition) is 5. The Balaban J connectivity index is 1.91. The monoisotopic (exact) mass is 289 g/mol. The van der Waals surface area contributed by atoms with Crippen molar-refractivity contribution < 1.29 is 19.4 Å². The minimum Gasteiger partial charge on any atom is -0.391 e. The van der Waals surface area contributed by atoms with Gasteiger partial charge in [0, 0.05) is 0 Å². The number of aliphatic hydroxyl groups is 1. The molecule has 0 saturated carbocycles. The van der Waals surface area contributed by atoms with Crippen molar-refractivity contribution in [1.82, 2.24) is 0 Å². The Labute approximate surface area is 124 Å². The van der Waals surface area contributed by atoms with Crippen LogP contribution in [0.1, 0.15) is 19.4 Å². The van der Waals surface area contributed by atoms with Gasteiger partial charge >= 0.3 is 0 Å². The molecule has 1 N–H and O–H groups in total. The van der Waals surface area contributed by atoms with Crippen LogP contribution in [0.15, 0.2) is 35.5 Å². The van der Waals surface area contributed by atoms with Crippen molar-refractivity contribution in [3.05, 3.63) is 35.9 Å². The van der Waals surface area contributed by atoms with Crippen molar-refractivity contribution in [2.24, 2.45) is 5.16 Å². The number of hydrogen-bond donors (Lipinski definition) is 1. The first-order valence-corrected chi connectivity index (χ1v) is 6.71. The maximum Gasteiger partial charge on any atom is 0.164 e. The van der Waals surface area contributed by atoms with Crippen molar-refractivity contribution in [3.8, 4) is 12.3 Å². The van der Waals surface area contributed by atoms with Gasteiger partial charge in [-0.3, -0.25) is 0 Å². The quantitative estimate of drug-likeness (QED) is 0.509. The number of nitrogens with zero attached hydrogens (tertiary/aromatic N) is 1. The molecule has 0 unspecified atom stereocenters. The van der Waals surface area contributed by atoms with Gasteiger partial charge in [0.25, 0.3) is 0 Å². The van der Waals surface area contributed by atoms with Crippen LogP contribution in [-0.4, -0.2) is 35.4 Å². The maximum atomic E-state index is 9.75. The zero-order valence-corrected chi connectivity index (χ0v) is 12.1. The van der Waals surface area contributed by atoms with Crippen LogP contribution in [-0.2, 0) is 20.9 Å². The zero-order chi connectivity index (χ0) is 15.3. The molecule has 1 heterocycles. The maximum absolute atomic E-state index is 9.75. The molecule has 1 aromatic rings. The van der Waals surface area contributed by atoms with E-state index in [1.165, 1.54) is 6.21 Å². The summed E-state index contributed by atoms with van der Waals surface area (Å²) in [7, 11) is 0. The predicted octanol–water partition coefficient (Wildman–Crippen LogP) is 1.70. The largest absolute Gasteiger partial charge is 0.391 e. The van der Waals surface area contributed by atoms with Gasteiger partial charge in [-0.2, -0.15) is 0 Å². The number of benzene rings is 1. The molecule has 0 radical (unpaired) electrons. The summed E-state index contributed by atoms with van der Waals surface area (Å²) in [5.74, 6) is 1.42. The van der Waals surface area contributed by atoms with Crippen molar-refractivity contribution in [1.29, 1.82) is 0 Å². The highest BCUT2D eigenvalue weighted by Crippen LogP contribution is 2.29. The summed E-state index contributed by atoms with van der Waals surface area (Å²) in [5.41, 5.74) is 1.01. The van der Waals surface area contributed by atoms with Crippen LogP contribution in [0.2, 0.25) is 0 Å². The van der Waals surface area contributed by atoms with Crippen LogP contribution in [0.5, 0.6) is 0 Å². The number of rotatable bonds is 5. The average molecular weight is 289 g/mol. The second-order valence-electron chi connectivity index (χ2n) is 5.19. The molecule has 0 amide bonds. The lowest BCUT2D eigenvalue weighted by molar-refractivity contribution is -0.148. The van der Waals surface area contributed by atoms with Crippen LogP contribution in [0, 0.1) is 12.3 Å². The van der Waals surface area contributed by atoms with Crippen molar-refractivity contribution in [2.45, 2.75) is 44.6 Å². The Morgan fingerprint density at radius 1 is 1.43 bits per heavy atom. The van der Waals surface area contributed by atoms with Crippen molar-refractivity contribution in [2.75, 3.05) is 0 Å². The number of oxime groups is 1. The number of aliphatic hydroxyl groups excluding tert-OH is 1. The summed E-state index contributed by atoms with van der Waals surface area (Å²) in [6, 6.07) is 9.68. The Kier molecular flexibility index (Phi) is 4.97. The second kappa shape index (κ2) is 6.72. The molecule has 2 rings (SSSR count). The van der Waals surface area contributed by atoms with E-state index in [2.05, 4.69) is 11.1 Å². The second-order valence-corrected chi connectivity index (χ2v) is 5.19. The third kappa shape index (κ3) is 4.30. The molecule has 0 aromatic heterocycles. The SMILES string of the molecule is C#C[C@H](O)[C@H]1OC(C)(C)O[C@H]1/C=N/OCc1ccccc1. The van der Waals surface area contributed by atoms with E-state index in [9.17, 15) is 5.11 Å². The Bertz CT molecular complexity index is 521. The van der Waals surface area contributed by atoms with Gasteiger partial charge < -0.3 is 19.4 Å². The molecule has 1 aliphatic rings. The van der Waals surface area contributed by atoms with Crippen molar-refractivity contribution in [3.63, 3.8) is 0 Å². The molecule has 3 atom stereocenters. The molecule has 0 bridgehead atoms. The van der Waals surface area contributed by atoms with Gasteiger partial charge in [-0.15, -0.1) is 6.42 Å². The first kappa shape index (κ1) is 15.5. The highest BCUT2D eigenvalue weighted by Gasteiger charge is 2.43. The molecule has 0 spiro atoms. The normalized spacial score (nSPS) is 25.6. The van der Waals surface area contributed by atoms with E-state index in [1.807, 2.05) is 30.3 Å². The molecule has 5 heteroatoms. The van der Waals surface area contributed by atoms with E-state index in [4.69, 9.17) is 20.7 Å². The van der Waals surface area contributed by atoms with Crippen LogP contribution in [0.3, 0.4) is 0 Å². The average Bonchev–Trinajstić information content (AvgIpc) is 2.79. The van der Waals surface area contributed by atoms with Gasteiger partial charge in [-0.25, -0.2) is 0 Å². The Morgan fingerprint density at radius 3 is 2.81 bits per heavy atom. The molecule has 0 aliphatic carbocycles. The molecular weight excluding hydrogens is 270 g/mol. The van der Waals surface area contributed by atoms with Gasteiger partial charge in [0.2, 0.25) is 0 Å². The lowest BCUT2D eigenvalue weighted by atomic mass is 10.1. The highest BCUT2D eigenvalue weighted by molar-refractivity contribution is 5.64. The molecule has 1 saturated heterocycles. The fourth-order valence-electron chi connectivity index (χ4n) is 2.06. The number of ether oxygens (including phenoxy) is 2. The van der Waals surface area contributed by atoms with E-state index >= 15 is 0 Å². The molecule has 5 nitrogen and oxygen atoms in total. The van der Waals surface area contributed by atoms with Gasteiger partial charge in [0.15, 0.2) is 5.79 Å². The fourth-order valence-corrected chi connectivity index (χ4v) is 2.06. The van der Waals surface area contributed by atoms with Gasteiger partial charge in [0.1, 0.15) is 24.9 Å². The lowest BCUT2D eigenvalue weighted by Gasteiger charge is -2.17. The lowest BCUT2D eigenvalue weighted by Crippen LogP contribution is -2.35. The third-order valence-electron chi connectivity index (χ3n) is 3.00. The highest BCUT2D eigenvalue weighted by atomic mass is 16.8. The van der Waals surface area contributed by atoms with E-state index in [1.54, 1.807) is 13.8 Å². The summed E-state index contributed by atoms with van der Waals surface area (Å²) in [5, 5.41) is 13.6. The van der Waals surface area contributed by atoms with E-state index in [0.717, 1.165) is 5.56 Å². The topological polar surface area (TPSA) is 60.3 Å². The smallest absolute Gasteiger partial charge is 0.164 e. The minimum absolute atomic E-state index is 0.358. The Hall–Kier alpha value is -1.87. The molecule has 21 heavy (non-hydrogen) atoms. The summed E-state index contributed by atoms with van der Waals surface area (Å²) in [6.45, 7) is 3.86. The van der Waals surface area contributed by atoms with Crippen molar-refractivity contribution >= 4 is 6.21 Å². The van der Waals surface area contributed by atoms with Crippen LogP contribution >= 0.6 is 0 Å². The molecule has 1 aromatic carbocycles. The van der Waals surface area contributed by atoms with Gasteiger partial charge in [-0.1, -0.05) is 41.4 Å². The van der Waals surface area contributed by atoms with E-state index < -0.39 is 24.1 Å². The van der Waals surface area contributed by atoms with Crippen LogP contribution < -0.4 is 0 Å². The molecule has 1 fully saturated rings. The van der Waals surface area contributed by atoms with E-state index in [-0.39, 0.29) is 0 Å². The van der Waals surface area contributed by atoms with E-state index in [0.29, 0.717) is 6.61 Å². The summed E-state index contributed by atoms with van der Waals surface area (Å²) in [6.07, 6.45) is 4.41. The molecule has 1 aliphatic heterocycles. The Morgan fingerprint density at radius 2 is 2.14 bits per heavy atom. The predicted molar refractivity (Wildman–Crippen MR) is 78.4 cm³/mol. The summed E-state index contributed by atoms with van der Waals surface area (Å²) >= 11 is 0.